The van der Waals surface area contributed by atoms with Gasteiger partial charge in [-0.3, -0.25) is 19.2 Å². The molecule has 0 heterocycles. The van der Waals surface area contributed by atoms with Crippen LogP contribution in [0.15, 0.2) is 108 Å². The summed E-state index contributed by atoms with van der Waals surface area (Å²) < 4.78 is 33.6. The van der Waals surface area contributed by atoms with Crippen LogP contribution in [0.2, 0.25) is 0 Å². The molecule has 0 radical (unpaired) electrons. The minimum atomic E-state index is -4.21. The van der Waals surface area contributed by atoms with Crippen LogP contribution >= 0.6 is 0 Å². The van der Waals surface area contributed by atoms with Crippen molar-refractivity contribution in [2.24, 2.45) is 0 Å². The smallest absolute Gasteiger partial charge is 0.271 e. The molecule has 1 amide bonds. The van der Waals surface area contributed by atoms with Gasteiger partial charge in [0.1, 0.15) is 18.0 Å². The number of nitrogens with one attached hydrogen (secondary N) is 1. The predicted molar refractivity (Wildman–Crippen MR) is 140 cm³/mol. The number of nitrogens with zero attached hydrogens (tertiary/aromatic N) is 2. The van der Waals surface area contributed by atoms with E-state index in [1.807, 2.05) is 37.3 Å². The molecule has 10 heteroatoms. The molecule has 0 saturated carbocycles. The molecule has 37 heavy (non-hydrogen) atoms. The van der Waals surface area contributed by atoms with Crippen LogP contribution in [-0.2, 0) is 14.8 Å². The molecule has 0 aromatic heterocycles. The maximum absolute atomic E-state index is 13.5. The number of non-ortho nitro benzene ring substituents is 1. The number of para-hydroxylation sites is 1. The Morgan fingerprint density at radius 1 is 0.892 bits per heavy atom. The molecule has 0 unspecified atom stereocenters. The maximum atomic E-state index is 13.5. The van der Waals surface area contributed by atoms with E-state index in [1.165, 1.54) is 30.3 Å². The van der Waals surface area contributed by atoms with E-state index in [0.29, 0.717) is 17.2 Å². The van der Waals surface area contributed by atoms with Crippen molar-refractivity contribution in [2.75, 3.05) is 16.2 Å². The molecule has 0 aliphatic rings. The van der Waals surface area contributed by atoms with Gasteiger partial charge in [-0.25, -0.2) is 8.42 Å². The van der Waals surface area contributed by atoms with Gasteiger partial charge in [0, 0.05) is 17.8 Å². The molecule has 4 rings (SSSR count). The molecular formula is C27H23N3O6S. The topological polar surface area (TPSA) is 119 Å². The molecule has 0 fully saturated rings. The first-order valence-electron chi connectivity index (χ1n) is 11.2. The van der Waals surface area contributed by atoms with Crippen molar-refractivity contribution in [3.05, 3.63) is 119 Å². The number of hydrogen-bond acceptors (Lipinski definition) is 6. The molecular weight excluding hydrogens is 494 g/mol. The summed E-state index contributed by atoms with van der Waals surface area (Å²) in [5.74, 6) is 0.594. The Morgan fingerprint density at radius 2 is 1.54 bits per heavy atom. The Hall–Kier alpha value is -4.70. The van der Waals surface area contributed by atoms with Gasteiger partial charge in [-0.05, 0) is 61.5 Å². The zero-order chi connectivity index (χ0) is 26.4. The van der Waals surface area contributed by atoms with Crippen molar-refractivity contribution in [1.82, 2.24) is 0 Å². The van der Waals surface area contributed by atoms with Crippen molar-refractivity contribution in [3.8, 4) is 11.5 Å². The molecule has 0 atom stereocenters. The van der Waals surface area contributed by atoms with E-state index >= 15 is 0 Å². The van der Waals surface area contributed by atoms with Crippen LogP contribution in [0.5, 0.6) is 11.5 Å². The van der Waals surface area contributed by atoms with Crippen molar-refractivity contribution in [1.29, 1.82) is 0 Å². The highest BCUT2D eigenvalue weighted by Crippen LogP contribution is 2.28. The van der Waals surface area contributed by atoms with E-state index in [0.717, 1.165) is 15.9 Å². The maximum Gasteiger partial charge on any atom is 0.271 e. The Balaban J connectivity index is 1.56. The number of anilines is 2. The fraction of sp³-hybridized carbons (Fsp3) is 0.0741. The number of nitro groups is 1. The Kier molecular flexibility index (Phi) is 7.49. The monoisotopic (exact) mass is 517 g/mol. The van der Waals surface area contributed by atoms with Gasteiger partial charge in [0.2, 0.25) is 5.91 Å². The highest BCUT2D eigenvalue weighted by atomic mass is 32.2. The third-order valence-corrected chi connectivity index (χ3v) is 7.13. The molecule has 0 saturated heterocycles. The summed E-state index contributed by atoms with van der Waals surface area (Å²) in [4.78, 5) is 23.6. The van der Waals surface area contributed by atoms with Gasteiger partial charge in [0.05, 0.1) is 15.5 Å². The predicted octanol–water partition coefficient (Wildman–Crippen LogP) is 5.53. The average molecular weight is 518 g/mol. The number of rotatable bonds is 9. The second-order valence-electron chi connectivity index (χ2n) is 8.09. The summed E-state index contributed by atoms with van der Waals surface area (Å²) in [6.07, 6.45) is 0. The Morgan fingerprint density at radius 3 is 2.19 bits per heavy atom. The molecule has 0 aliphatic heterocycles. The quantitative estimate of drug-likeness (QED) is 0.230. The number of nitro benzene ring substituents is 1. The molecule has 0 spiro atoms. The fourth-order valence-electron chi connectivity index (χ4n) is 3.48. The number of hydrogen-bond donors (Lipinski definition) is 1. The number of amides is 1. The minimum absolute atomic E-state index is 0.00321. The van der Waals surface area contributed by atoms with E-state index in [4.69, 9.17) is 4.74 Å². The number of ether oxygens (including phenoxy) is 1. The second kappa shape index (κ2) is 10.9. The lowest BCUT2D eigenvalue weighted by molar-refractivity contribution is -0.384. The van der Waals surface area contributed by atoms with Gasteiger partial charge in [-0.15, -0.1) is 0 Å². The summed E-state index contributed by atoms with van der Waals surface area (Å²) in [5.41, 5.74) is 0.989. The average Bonchev–Trinajstić information content (AvgIpc) is 2.89. The zero-order valence-electron chi connectivity index (χ0n) is 19.8. The van der Waals surface area contributed by atoms with Crippen LogP contribution in [0, 0.1) is 17.0 Å². The van der Waals surface area contributed by atoms with Crippen LogP contribution in [0.25, 0.3) is 0 Å². The Bertz CT molecular complexity index is 1510. The van der Waals surface area contributed by atoms with Crippen molar-refractivity contribution >= 4 is 33.0 Å². The van der Waals surface area contributed by atoms with E-state index in [-0.39, 0.29) is 16.3 Å². The normalized spacial score (nSPS) is 10.9. The second-order valence-corrected chi connectivity index (χ2v) is 9.95. The van der Waals surface area contributed by atoms with E-state index in [9.17, 15) is 23.3 Å². The summed E-state index contributed by atoms with van der Waals surface area (Å²) >= 11 is 0. The fourth-order valence-corrected chi connectivity index (χ4v) is 4.89. The molecule has 9 nitrogen and oxygen atoms in total. The third-order valence-electron chi connectivity index (χ3n) is 5.34. The molecule has 1 N–H and O–H groups in total. The molecule has 4 aromatic carbocycles. The van der Waals surface area contributed by atoms with E-state index in [2.05, 4.69) is 5.32 Å². The van der Waals surface area contributed by atoms with Gasteiger partial charge < -0.3 is 10.1 Å². The van der Waals surface area contributed by atoms with Crippen LogP contribution in [0.4, 0.5) is 17.1 Å². The molecule has 0 aliphatic carbocycles. The summed E-state index contributed by atoms with van der Waals surface area (Å²) in [6.45, 7) is 1.22. The standard InChI is InChI=1S/C27H23N3O6S/c1-20-10-16-26(17-11-20)37(34,35)29(22-6-5-7-23(18-22)30(32)33)19-27(31)28-21-12-14-25(15-13-21)36-24-8-3-2-4-9-24/h2-18H,19H2,1H3,(H,28,31). The van der Waals surface area contributed by atoms with Gasteiger partial charge >= 0.3 is 0 Å². The largest absolute Gasteiger partial charge is 0.457 e. The van der Waals surface area contributed by atoms with Gasteiger partial charge in [-0.2, -0.15) is 0 Å². The van der Waals surface area contributed by atoms with Gasteiger partial charge in [0.25, 0.3) is 15.7 Å². The highest BCUT2D eigenvalue weighted by molar-refractivity contribution is 7.92. The Labute approximate surface area is 214 Å². The summed E-state index contributed by atoms with van der Waals surface area (Å²) in [5, 5.41) is 14.0. The molecule has 188 valence electrons. The van der Waals surface area contributed by atoms with E-state index < -0.39 is 27.4 Å². The van der Waals surface area contributed by atoms with Crippen LogP contribution in [-0.4, -0.2) is 25.8 Å². The van der Waals surface area contributed by atoms with Crippen molar-refractivity contribution in [2.45, 2.75) is 11.8 Å². The minimum Gasteiger partial charge on any atom is -0.457 e. The number of benzene rings is 4. The van der Waals surface area contributed by atoms with Crippen molar-refractivity contribution < 1.29 is 22.9 Å². The lowest BCUT2D eigenvalue weighted by Crippen LogP contribution is -2.38. The summed E-state index contributed by atoms with van der Waals surface area (Å²) in [6, 6.07) is 27.1. The number of aryl methyl sites for hydroxylation is 1. The SMILES string of the molecule is Cc1ccc(S(=O)(=O)N(CC(=O)Nc2ccc(Oc3ccccc3)cc2)c2cccc([N+](=O)[O-])c2)cc1. The first-order chi connectivity index (χ1) is 17.7. The van der Waals surface area contributed by atoms with Crippen LogP contribution in [0.3, 0.4) is 0 Å². The van der Waals surface area contributed by atoms with Crippen molar-refractivity contribution in [3.63, 3.8) is 0 Å². The number of sulfonamides is 1. The summed E-state index contributed by atoms with van der Waals surface area (Å²) in [7, 11) is -4.21. The van der Waals surface area contributed by atoms with E-state index in [1.54, 1.807) is 36.4 Å². The first kappa shape index (κ1) is 25.4. The zero-order valence-corrected chi connectivity index (χ0v) is 20.6. The first-order valence-corrected chi connectivity index (χ1v) is 12.6. The van der Waals surface area contributed by atoms with Crippen LogP contribution in [0.1, 0.15) is 5.56 Å². The lowest BCUT2D eigenvalue weighted by atomic mass is 10.2. The third kappa shape index (κ3) is 6.30. The number of carbonyl (C=O) groups excluding carboxylic acids is 1. The number of carbonyl (C=O) groups is 1. The van der Waals surface area contributed by atoms with Crippen LogP contribution < -0.4 is 14.4 Å². The van der Waals surface area contributed by atoms with Gasteiger partial charge in [0.15, 0.2) is 0 Å². The van der Waals surface area contributed by atoms with Gasteiger partial charge in [-0.1, -0.05) is 42.0 Å². The highest BCUT2D eigenvalue weighted by Gasteiger charge is 2.28. The lowest BCUT2D eigenvalue weighted by Gasteiger charge is -2.24. The molecule has 0 bridgehead atoms. The molecule has 4 aromatic rings.